The number of alkyl halides is 1. The summed E-state index contributed by atoms with van der Waals surface area (Å²) in [5, 5.41) is 0. The summed E-state index contributed by atoms with van der Waals surface area (Å²) in [6.07, 6.45) is 2.74. The summed E-state index contributed by atoms with van der Waals surface area (Å²) in [4.78, 5) is 4.11. The van der Waals surface area contributed by atoms with Crippen molar-refractivity contribution in [3.63, 3.8) is 0 Å². The van der Waals surface area contributed by atoms with Gasteiger partial charge in [0.15, 0.2) is 0 Å². The lowest BCUT2D eigenvalue weighted by molar-refractivity contribution is 0.355. The Morgan fingerprint density at radius 1 is 1.64 bits per heavy atom. The summed E-state index contributed by atoms with van der Waals surface area (Å²) in [6.45, 7) is 0.781. The first kappa shape index (κ1) is 6.92. The molecule has 0 saturated carbocycles. The van der Waals surface area contributed by atoms with Crippen molar-refractivity contribution in [2.45, 2.75) is 12.3 Å². The van der Waals surface area contributed by atoms with E-state index < -0.39 is 0 Å². The van der Waals surface area contributed by atoms with E-state index in [0.29, 0.717) is 5.88 Å². The van der Waals surface area contributed by atoms with Crippen molar-refractivity contribution >= 4 is 11.6 Å². The molecular weight excluding hydrogens is 162 g/mol. The molecule has 0 aliphatic carbocycles. The van der Waals surface area contributed by atoms with Gasteiger partial charge in [-0.25, -0.2) is 0 Å². The monoisotopic (exact) mass is 169 g/mol. The lowest BCUT2D eigenvalue weighted by Crippen LogP contribution is -1.87. The molecule has 1 aromatic rings. The van der Waals surface area contributed by atoms with Gasteiger partial charge in [0.1, 0.15) is 5.75 Å². The summed E-state index contributed by atoms with van der Waals surface area (Å²) >= 11 is 5.63. The topological polar surface area (TPSA) is 22.1 Å². The lowest BCUT2D eigenvalue weighted by Gasteiger charge is -1.98. The molecule has 2 rings (SSSR count). The largest absolute Gasteiger partial charge is 0.491 e. The van der Waals surface area contributed by atoms with Crippen molar-refractivity contribution in [1.29, 1.82) is 0 Å². The van der Waals surface area contributed by atoms with Crippen LogP contribution in [0.5, 0.6) is 5.75 Å². The molecule has 0 fully saturated rings. The predicted octanol–water partition coefficient (Wildman–Crippen LogP) is 1.76. The van der Waals surface area contributed by atoms with Gasteiger partial charge in [0, 0.05) is 12.0 Å². The van der Waals surface area contributed by atoms with Gasteiger partial charge in [-0.3, -0.25) is 4.98 Å². The first-order valence-electron chi connectivity index (χ1n) is 3.56. The zero-order chi connectivity index (χ0) is 7.68. The molecule has 0 saturated heterocycles. The van der Waals surface area contributed by atoms with Crippen LogP contribution in [0.1, 0.15) is 11.3 Å². The Balaban J connectivity index is 2.41. The molecule has 0 amide bonds. The number of hydrogen-bond donors (Lipinski definition) is 0. The average molecular weight is 170 g/mol. The van der Waals surface area contributed by atoms with Crippen molar-refractivity contribution in [3.8, 4) is 5.75 Å². The van der Waals surface area contributed by atoms with Crippen molar-refractivity contribution < 1.29 is 4.74 Å². The highest BCUT2D eigenvalue weighted by atomic mass is 35.5. The number of halogens is 1. The van der Waals surface area contributed by atoms with Crippen LogP contribution in [0.25, 0.3) is 0 Å². The molecule has 1 aliphatic heterocycles. The molecule has 2 heterocycles. The maximum absolute atomic E-state index is 5.63. The van der Waals surface area contributed by atoms with Gasteiger partial charge < -0.3 is 4.74 Å². The van der Waals surface area contributed by atoms with E-state index in [-0.39, 0.29) is 0 Å². The number of aromatic nitrogens is 1. The molecular formula is C8H8ClNO. The van der Waals surface area contributed by atoms with E-state index >= 15 is 0 Å². The van der Waals surface area contributed by atoms with E-state index in [1.807, 2.05) is 6.07 Å². The number of ether oxygens (including phenoxy) is 1. The van der Waals surface area contributed by atoms with Gasteiger partial charge in [-0.15, -0.1) is 11.6 Å². The summed E-state index contributed by atoms with van der Waals surface area (Å²) in [5.41, 5.74) is 2.16. The third-order valence-corrected chi connectivity index (χ3v) is 2.04. The highest BCUT2D eigenvalue weighted by Gasteiger charge is 2.11. The van der Waals surface area contributed by atoms with Crippen LogP contribution in [0.15, 0.2) is 12.3 Å². The fourth-order valence-electron chi connectivity index (χ4n) is 1.20. The second-order valence-corrected chi connectivity index (χ2v) is 2.78. The number of pyridine rings is 1. The summed E-state index contributed by atoms with van der Waals surface area (Å²) in [6, 6.07) is 2.01. The van der Waals surface area contributed by atoms with Crippen molar-refractivity contribution in [2.24, 2.45) is 0 Å². The first-order chi connectivity index (χ1) is 5.40. The van der Waals surface area contributed by atoms with Crippen LogP contribution in [0, 0.1) is 0 Å². The molecule has 58 valence electrons. The van der Waals surface area contributed by atoms with Crippen LogP contribution < -0.4 is 4.74 Å². The molecule has 0 N–H and O–H groups in total. The van der Waals surface area contributed by atoms with Gasteiger partial charge in [-0.1, -0.05) is 0 Å². The predicted molar refractivity (Wildman–Crippen MR) is 43.0 cm³/mol. The molecule has 0 spiro atoms. The van der Waals surface area contributed by atoms with E-state index in [2.05, 4.69) is 4.98 Å². The van der Waals surface area contributed by atoms with E-state index in [4.69, 9.17) is 16.3 Å². The molecule has 0 aromatic carbocycles. The van der Waals surface area contributed by atoms with Crippen molar-refractivity contribution in [2.75, 3.05) is 6.61 Å². The van der Waals surface area contributed by atoms with Gasteiger partial charge in [0.25, 0.3) is 0 Å². The number of rotatable bonds is 1. The van der Waals surface area contributed by atoms with E-state index in [9.17, 15) is 0 Å². The minimum Gasteiger partial charge on any atom is -0.491 e. The highest BCUT2D eigenvalue weighted by Crippen LogP contribution is 2.24. The standard InChI is InChI=1S/C8H8ClNO/c9-4-7-3-6-1-2-11-8(6)5-10-7/h3,5H,1-2,4H2. The molecule has 0 bridgehead atoms. The molecule has 2 nitrogen and oxygen atoms in total. The SMILES string of the molecule is ClCc1cc2c(cn1)OCC2. The molecule has 1 aliphatic rings. The van der Waals surface area contributed by atoms with Crippen molar-refractivity contribution in [1.82, 2.24) is 4.98 Å². The second kappa shape index (κ2) is 2.70. The zero-order valence-electron chi connectivity index (χ0n) is 6.01. The zero-order valence-corrected chi connectivity index (χ0v) is 6.77. The number of nitrogens with zero attached hydrogens (tertiary/aromatic N) is 1. The van der Waals surface area contributed by atoms with Gasteiger partial charge in [-0.05, 0) is 6.07 Å². The Hall–Kier alpha value is -0.760. The van der Waals surface area contributed by atoms with E-state index in [1.165, 1.54) is 5.56 Å². The third-order valence-electron chi connectivity index (χ3n) is 1.77. The third kappa shape index (κ3) is 1.18. The van der Waals surface area contributed by atoms with E-state index in [0.717, 1.165) is 24.5 Å². The Labute approximate surface area is 70.2 Å². The Morgan fingerprint density at radius 2 is 2.55 bits per heavy atom. The normalized spacial score (nSPS) is 14.3. The minimum atomic E-state index is 0.479. The van der Waals surface area contributed by atoms with E-state index in [1.54, 1.807) is 6.20 Å². The summed E-state index contributed by atoms with van der Waals surface area (Å²) < 4.78 is 5.29. The highest BCUT2D eigenvalue weighted by molar-refractivity contribution is 6.16. The van der Waals surface area contributed by atoms with Gasteiger partial charge >= 0.3 is 0 Å². The van der Waals surface area contributed by atoms with Crippen LogP contribution >= 0.6 is 11.6 Å². The Kier molecular flexibility index (Phi) is 1.70. The van der Waals surface area contributed by atoms with Crippen LogP contribution in [-0.4, -0.2) is 11.6 Å². The maximum atomic E-state index is 5.63. The van der Waals surface area contributed by atoms with Gasteiger partial charge in [0.2, 0.25) is 0 Å². The smallest absolute Gasteiger partial charge is 0.140 e. The molecule has 0 radical (unpaired) electrons. The summed E-state index contributed by atoms with van der Waals surface area (Å²) in [7, 11) is 0. The molecule has 11 heavy (non-hydrogen) atoms. The van der Waals surface area contributed by atoms with Gasteiger partial charge in [-0.2, -0.15) is 0 Å². The number of hydrogen-bond acceptors (Lipinski definition) is 2. The molecule has 1 aromatic heterocycles. The molecule has 0 unspecified atom stereocenters. The Morgan fingerprint density at radius 3 is 3.36 bits per heavy atom. The summed E-state index contributed by atoms with van der Waals surface area (Å²) in [5.74, 6) is 1.40. The maximum Gasteiger partial charge on any atom is 0.140 e. The lowest BCUT2D eigenvalue weighted by atomic mass is 10.2. The van der Waals surface area contributed by atoms with Crippen LogP contribution in [-0.2, 0) is 12.3 Å². The fraction of sp³-hybridized carbons (Fsp3) is 0.375. The van der Waals surface area contributed by atoms with Crippen LogP contribution in [0.4, 0.5) is 0 Å². The van der Waals surface area contributed by atoms with Crippen LogP contribution in [0.3, 0.4) is 0 Å². The minimum absolute atomic E-state index is 0.479. The molecule has 3 heteroatoms. The van der Waals surface area contributed by atoms with Gasteiger partial charge in [0.05, 0.1) is 24.4 Å². The molecule has 0 atom stereocenters. The van der Waals surface area contributed by atoms with Crippen molar-refractivity contribution in [3.05, 3.63) is 23.5 Å². The average Bonchev–Trinajstić information content (AvgIpc) is 2.50. The second-order valence-electron chi connectivity index (χ2n) is 2.52. The first-order valence-corrected chi connectivity index (χ1v) is 4.10. The Bertz CT molecular complexity index is 275. The quantitative estimate of drug-likeness (QED) is 0.598. The number of fused-ring (bicyclic) bond motifs is 1. The fourth-order valence-corrected chi connectivity index (χ4v) is 1.35. The van der Waals surface area contributed by atoms with Crippen LogP contribution in [0.2, 0.25) is 0 Å².